The van der Waals surface area contributed by atoms with Crippen LogP contribution in [0.3, 0.4) is 0 Å². The van der Waals surface area contributed by atoms with Crippen molar-refractivity contribution < 1.29 is 19.5 Å². The minimum Gasteiger partial charge on any atom is -0.478 e. The Hall–Kier alpha value is -2.99. The third kappa shape index (κ3) is 5.35. The molecule has 2 aromatic carbocycles. The maximum absolute atomic E-state index is 14.2. The lowest BCUT2D eigenvalue weighted by atomic mass is 10.0. The number of nitrogens with zero attached hydrogens (tertiary/aromatic N) is 1. The molecule has 0 saturated carbocycles. The van der Waals surface area contributed by atoms with Gasteiger partial charge in [0.15, 0.2) is 0 Å². The summed E-state index contributed by atoms with van der Waals surface area (Å²) in [4.78, 5) is 41.0. The maximum Gasteiger partial charge on any atom is 0.339 e. The van der Waals surface area contributed by atoms with Crippen LogP contribution in [0.15, 0.2) is 69.8 Å². The van der Waals surface area contributed by atoms with E-state index in [-0.39, 0.29) is 35.4 Å². The van der Waals surface area contributed by atoms with E-state index in [9.17, 15) is 19.5 Å². The van der Waals surface area contributed by atoms with Crippen molar-refractivity contribution in [1.82, 2.24) is 0 Å². The first-order valence-electron chi connectivity index (χ1n) is 11.4. The molecule has 0 saturated heterocycles. The third-order valence-electron chi connectivity index (χ3n) is 6.02. The van der Waals surface area contributed by atoms with Crippen molar-refractivity contribution in [2.24, 2.45) is 5.73 Å². The maximum atomic E-state index is 14.2. The number of carboxylic acids is 1. The summed E-state index contributed by atoms with van der Waals surface area (Å²) in [5, 5.41) is 14.1. The summed E-state index contributed by atoms with van der Waals surface area (Å²) in [6, 6.07) is 16.1. The fourth-order valence-electron chi connectivity index (χ4n) is 4.14. The first-order valence-corrected chi connectivity index (χ1v) is 15.6. The minimum atomic E-state index is -1.23. The summed E-state index contributed by atoms with van der Waals surface area (Å²) < 4.78 is 1.27. The second-order valence-electron chi connectivity index (χ2n) is 8.58. The molecule has 12 heteroatoms. The Morgan fingerprint density at radius 3 is 1.90 bits per heavy atom. The molecule has 3 N–H and O–H groups in total. The highest BCUT2D eigenvalue weighted by Crippen LogP contribution is 2.48. The van der Waals surface area contributed by atoms with Crippen LogP contribution in [0.25, 0.3) is 22.3 Å². The molecule has 0 fully saturated rings. The van der Waals surface area contributed by atoms with Gasteiger partial charge in [-0.05, 0) is 36.2 Å². The zero-order valence-electron chi connectivity index (χ0n) is 20.4. The van der Waals surface area contributed by atoms with Crippen molar-refractivity contribution in [3.63, 3.8) is 0 Å². The van der Waals surface area contributed by atoms with Gasteiger partial charge in [-0.1, -0.05) is 81.1 Å². The number of amides is 2. The van der Waals surface area contributed by atoms with E-state index in [1.54, 1.807) is 10.8 Å². The number of carbonyl (C=O) groups is 3. The Balaban J connectivity index is 1.78. The minimum absolute atomic E-state index is 0.0762. The molecule has 5 aromatic rings. The molecule has 0 aliphatic heterocycles. The van der Waals surface area contributed by atoms with Crippen molar-refractivity contribution in [2.75, 3.05) is 4.90 Å². The number of anilines is 2. The summed E-state index contributed by atoms with van der Waals surface area (Å²) in [5.74, 6) is -2.64. The zero-order chi connectivity index (χ0) is 28.7. The van der Waals surface area contributed by atoms with Gasteiger partial charge in [-0.3, -0.25) is 14.5 Å². The van der Waals surface area contributed by atoms with Gasteiger partial charge in [-0.25, -0.2) is 4.79 Å². The number of hydrogen-bond donors (Lipinski definition) is 2. The van der Waals surface area contributed by atoms with Crippen LogP contribution in [-0.2, 0) is 0 Å². The number of rotatable bonds is 7. The van der Waals surface area contributed by atoms with Gasteiger partial charge >= 0.3 is 5.97 Å². The summed E-state index contributed by atoms with van der Waals surface area (Å²) in [5.41, 5.74) is 9.30. The molecule has 3 heterocycles. The van der Waals surface area contributed by atoms with Gasteiger partial charge in [0.25, 0.3) is 11.8 Å². The lowest BCUT2D eigenvalue weighted by Gasteiger charge is -2.22. The summed E-state index contributed by atoms with van der Waals surface area (Å²) in [6.45, 7) is 1.93. The average molecular weight is 692 g/mol. The normalized spacial score (nSPS) is 11.0. The van der Waals surface area contributed by atoms with Gasteiger partial charge in [0.05, 0.1) is 15.5 Å². The summed E-state index contributed by atoms with van der Waals surface area (Å²) in [6.07, 6.45) is 0. The second kappa shape index (κ2) is 11.5. The molecule has 0 spiro atoms. The topological polar surface area (TPSA) is 101 Å². The van der Waals surface area contributed by atoms with Gasteiger partial charge in [0.1, 0.15) is 19.9 Å². The number of benzene rings is 2. The van der Waals surface area contributed by atoms with Crippen LogP contribution in [0.2, 0.25) is 8.67 Å². The number of aryl methyl sites for hydroxylation is 1. The number of aromatic carboxylic acids is 1. The number of carbonyl (C=O) groups excluding carboxylic acids is 2. The van der Waals surface area contributed by atoms with E-state index < -0.39 is 17.8 Å². The molecule has 0 radical (unpaired) electrons. The fourth-order valence-corrected chi connectivity index (χ4v) is 8.08. The molecule has 5 rings (SSSR count). The van der Waals surface area contributed by atoms with Crippen LogP contribution < -0.4 is 10.6 Å². The van der Waals surface area contributed by atoms with Crippen LogP contribution >= 0.6 is 73.1 Å². The number of primary amides is 1. The molecule has 40 heavy (non-hydrogen) atoms. The Morgan fingerprint density at radius 1 is 0.875 bits per heavy atom. The van der Waals surface area contributed by atoms with E-state index in [1.165, 1.54) is 11.0 Å². The van der Waals surface area contributed by atoms with Crippen molar-refractivity contribution in [1.29, 1.82) is 0 Å². The van der Waals surface area contributed by atoms with Crippen LogP contribution in [0, 0.1) is 6.92 Å². The van der Waals surface area contributed by atoms with Gasteiger partial charge in [0.2, 0.25) is 0 Å². The van der Waals surface area contributed by atoms with Crippen LogP contribution in [0.1, 0.15) is 36.6 Å². The SMILES string of the molecule is Cc1ccc(-c2csc(N(C(=O)c3cc(Cl)sc3Cl)c3scc(-c4ccc(Br)cc4)c3C(N)=O)c2C(=O)O)cc1. The molecule has 202 valence electrons. The molecule has 0 atom stereocenters. The van der Waals surface area contributed by atoms with E-state index in [1.807, 2.05) is 55.5 Å². The Morgan fingerprint density at radius 2 is 1.40 bits per heavy atom. The predicted molar refractivity (Wildman–Crippen MR) is 168 cm³/mol. The Bertz CT molecular complexity index is 1670. The molecule has 2 amide bonds. The highest BCUT2D eigenvalue weighted by atomic mass is 79.9. The van der Waals surface area contributed by atoms with Crippen LogP contribution in [0.4, 0.5) is 10.0 Å². The highest BCUT2D eigenvalue weighted by molar-refractivity contribution is 9.10. The largest absolute Gasteiger partial charge is 0.478 e. The molecule has 3 aromatic heterocycles. The first kappa shape index (κ1) is 28.5. The molecular weight excluding hydrogens is 675 g/mol. The number of hydrogen-bond acceptors (Lipinski definition) is 6. The molecule has 6 nitrogen and oxygen atoms in total. The highest BCUT2D eigenvalue weighted by Gasteiger charge is 2.35. The third-order valence-corrected chi connectivity index (χ3v) is 9.96. The number of carboxylic acid groups (broad SMARTS) is 1. The monoisotopic (exact) mass is 690 g/mol. The van der Waals surface area contributed by atoms with Gasteiger partial charge < -0.3 is 10.8 Å². The standard InChI is InChI=1S/C28H17BrCl2N2O4S3/c1-13-2-4-14(5-3-13)19-12-39-27(22(19)28(36)37)33(25(35)17-10-20(30)40-23(17)31)26-21(24(32)34)18(11-38-26)15-6-8-16(29)9-7-15/h2-12H,1H3,(H2,32,34)(H,36,37). The molecule has 0 aliphatic rings. The number of halogens is 3. The van der Waals surface area contributed by atoms with E-state index in [0.717, 1.165) is 44.0 Å². The number of nitrogens with two attached hydrogens (primary N) is 1. The van der Waals surface area contributed by atoms with E-state index in [4.69, 9.17) is 28.9 Å². The summed E-state index contributed by atoms with van der Waals surface area (Å²) >= 11 is 19.1. The van der Waals surface area contributed by atoms with Gasteiger partial charge in [0, 0.05) is 26.4 Å². The Labute approximate surface area is 259 Å². The lowest BCUT2D eigenvalue weighted by Crippen LogP contribution is -2.28. The summed E-state index contributed by atoms with van der Waals surface area (Å²) in [7, 11) is 0. The van der Waals surface area contributed by atoms with Crippen molar-refractivity contribution in [2.45, 2.75) is 6.92 Å². The number of thiophene rings is 3. The molecule has 0 unspecified atom stereocenters. The first-order chi connectivity index (χ1) is 19.1. The van der Waals surface area contributed by atoms with Crippen LogP contribution in [0.5, 0.6) is 0 Å². The quantitative estimate of drug-likeness (QED) is 0.178. The Kier molecular flexibility index (Phi) is 8.19. The fraction of sp³-hybridized carbons (Fsp3) is 0.0357. The molecule has 0 bridgehead atoms. The van der Waals surface area contributed by atoms with Gasteiger partial charge in [-0.15, -0.1) is 34.0 Å². The van der Waals surface area contributed by atoms with Crippen molar-refractivity contribution in [3.8, 4) is 22.3 Å². The van der Waals surface area contributed by atoms with E-state index in [0.29, 0.717) is 22.3 Å². The predicted octanol–water partition coefficient (Wildman–Crippen LogP) is 9.36. The zero-order valence-corrected chi connectivity index (χ0v) is 26.0. The molecular formula is C28H17BrCl2N2O4S3. The average Bonchev–Trinajstić information content (AvgIpc) is 3.62. The van der Waals surface area contributed by atoms with Crippen molar-refractivity contribution in [3.05, 3.63) is 101 Å². The van der Waals surface area contributed by atoms with E-state index in [2.05, 4.69) is 15.9 Å². The van der Waals surface area contributed by atoms with Crippen molar-refractivity contribution >= 4 is 101 Å². The lowest BCUT2D eigenvalue weighted by molar-refractivity contribution is 0.0699. The smallest absolute Gasteiger partial charge is 0.339 e. The van der Waals surface area contributed by atoms with Gasteiger partial charge in [-0.2, -0.15) is 0 Å². The second-order valence-corrected chi connectivity index (χ2v) is 13.5. The van der Waals surface area contributed by atoms with E-state index >= 15 is 0 Å². The molecule has 0 aliphatic carbocycles. The van der Waals surface area contributed by atoms with Crippen LogP contribution in [-0.4, -0.2) is 22.9 Å².